The molecule has 0 radical (unpaired) electrons. The molecule has 3 atom stereocenters. The summed E-state index contributed by atoms with van der Waals surface area (Å²) in [5.74, 6) is 1.65. The van der Waals surface area contributed by atoms with E-state index in [0.29, 0.717) is 6.04 Å². The van der Waals surface area contributed by atoms with Gasteiger partial charge in [-0.2, -0.15) is 0 Å². The topological polar surface area (TPSA) is 38.0 Å². The van der Waals surface area contributed by atoms with Gasteiger partial charge in [-0.3, -0.25) is 0 Å². The van der Waals surface area contributed by atoms with Crippen molar-refractivity contribution in [1.82, 2.24) is 5.32 Å². The number of hydrogen-bond donors (Lipinski definition) is 2. The lowest BCUT2D eigenvalue weighted by molar-refractivity contribution is 0.230. The van der Waals surface area contributed by atoms with E-state index < -0.39 is 0 Å². The van der Waals surface area contributed by atoms with Crippen molar-refractivity contribution in [2.75, 3.05) is 13.6 Å². The average Bonchev–Trinajstić information content (AvgIpc) is 2.17. The van der Waals surface area contributed by atoms with Gasteiger partial charge in [0.25, 0.3) is 0 Å². The minimum Gasteiger partial charge on any atom is -0.330 e. The van der Waals surface area contributed by atoms with E-state index in [-0.39, 0.29) is 0 Å². The molecule has 1 aliphatic rings. The first kappa shape index (κ1) is 10.0. The lowest BCUT2D eigenvalue weighted by Gasteiger charge is -2.32. The SMILES string of the molecule is CNC(C)C1CCCC(CN)C1. The third-order valence-electron chi connectivity index (χ3n) is 3.32. The molecule has 1 rings (SSSR count). The Kier molecular flexibility index (Phi) is 4.02. The molecule has 2 heteroatoms. The Morgan fingerprint density at radius 2 is 2.25 bits per heavy atom. The third-order valence-corrected chi connectivity index (χ3v) is 3.32. The predicted molar refractivity (Wildman–Crippen MR) is 53.0 cm³/mol. The fourth-order valence-corrected chi connectivity index (χ4v) is 2.24. The summed E-state index contributed by atoms with van der Waals surface area (Å²) in [5.41, 5.74) is 5.69. The highest BCUT2D eigenvalue weighted by Gasteiger charge is 2.24. The highest BCUT2D eigenvalue weighted by Crippen LogP contribution is 2.30. The van der Waals surface area contributed by atoms with Crippen molar-refractivity contribution in [1.29, 1.82) is 0 Å². The molecule has 0 heterocycles. The van der Waals surface area contributed by atoms with E-state index in [2.05, 4.69) is 19.3 Å². The molecule has 0 amide bonds. The molecule has 1 saturated carbocycles. The summed E-state index contributed by atoms with van der Waals surface area (Å²) in [7, 11) is 2.05. The maximum Gasteiger partial charge on any atom is 0.00641 e. The molecule has 3 unspecified atom stereocenters. The van der Waals surface area contributed by atoms with Gasteiger partial charge in [0.2, 0.25) is 0 Å². The lowest BCUT2D eigenvalue weighted by atomic mass is 9.78. The molecule has 3 N–H and O–H groups in total. The summed E-state index contributed by atoms with van der Waals surface area (Å²) >= 11 is 0. The smallest absolute Gasteiger partial charge is 0.00641 e. The molecule has 1 fully saturated rings. The lowest BCUT2D eigenvalue weighted by Crippen LogP contribution is -2.35. The second kappa shape index (κ2) is 4.83. The number of hydrogen-bond acceptors (Lipinski definition) is 2. The maximum absolute atomic E-state index is 5.69. The van der Waals surface area contributed by atoms with Gasteiger partial charge in [0, 0.05) is 6.04 Å². The highest BCUT2D eigenvalue weighted by molar-refractivity contribution is 4.79. The van der Waals surface area contributed by atoms with Crippen LogP contribution in [0.15, 0.2) is 0 Å². The molecule has 0 bridgehead atoms. The summed E-state index contributed by atoms with van der Waals surface area (Å²) in [6, 6.07) is 0.666. The van der Waals surface area contributed by atoms with Crippen LogP contribution in [0.3, 0.4) is 0 Å². The Bertz CT molecular complexity index is 123. The molecule has 0 aromatic carbocycles. The van der Waals surface area contributed by atoms with Gasteiger partial charge < -0.3 is 11.1 Å². The van der Waals surface area contributed by atoms with Crippen LogP contribution in [0.25, 0.3) is 0 Å². The maximum atomic E-state index is 5.69. The van der Waals surface area contributed by atoms with Crippen molar-refractivity contribution >= 4 is 0 Å². The van der Waals surface area contributed by atoms with Crippen LogP contribution in [-0.4, -0.2) is 19.6 Å². The fraction of sp³-hybridized carbons (Fsp3) is 1.00. The number of nitrogens with one attached hydrogen (secondary N) is 1. The van der Waals surface area contributed by atoms with Crippen LogP contribution in [0.4, 0.5) is 0 Å². The van der Waals surface area contributed by atoms with E-state index >= 15 is 0 Å². The van der Waals surface area contributed by atoms with Gasteiger partial charge in [-0.05, 0) is 51.6 Å². The van der Waals surface area contributed by atoms with Crippen LogP contribution in [-0.2, 0) is 0 Å². The third kappa shape index (κ3) is 2.46. The van der Waals surface area contributed by atoms with Crippen LogP contribution in [0, 0.1) is 11.8 Å². The summed E-state index contributed by atoms with van der Waals surface area (Å²) in [5, 5.41) is 3.34. The van der Waals surface area contributed by atoms with Crippen molar-refractivity contribution in [3.05, 3.63) is 0 Å². The van der Waals surface area contributed by atoms with Crippen molar-refractivity contribution in [3.8, 4) is 0 Å². The molecule has 2 nitrogen and oxygen atoms in total. The number of nitrogens with two attached hydrogens (primary N) is 1. The first-order valence-corrected chi connectivity index (χ1v) is 5.15. The second-order valence-corrected chi connectivity index (χ2v) is 4.11. The molecule has 72 valence electrons. The average molecular weight is 170 g/mol. The van der Waals surface area contributed by atoms with E-state index in [4.69, 9.17) is 5.73 Å². The summed E-state index contributed by atoms with van der Waals surface area (Å²) in [6.45, 7) is 3.16. The second-order valence-electron chi connectivity index (χ2n) is 4.11. The molecular weight excluding hydrogens is 148 g/mol. The molecule has 0 saturated heterocycles. The molecule has 12 heavy (non-hydrogen) atoms. The fourth-order valence-electron chi connectivity index (χ4n) is 2.24. The Balaban J connectivity index is 2.34. The zero-order valence-electron chi connectivity index (χ0n) is 8.34. The van der Waals surface area contributed by atoms with Crippen LogP contribution >= 0.6 is 0 Å². The van der Waals surface area contributed by atoms with Gasteiger partial charge >= 0.3 is 0 Å². The minimum absolute atomic E-state index is 0.666. The van der Waals surface area contributed by atoms with E-state index in [9.17, 15) is 0 Å². The van der Waals surface area contributed by atoms with E-state index in [1.165, 1.54) is 25.7 Å². The van der Waals surface area contributed by atoms with Crippen LogP contribution in [0.5, 0.6) is 0 Å². The molecule has 0 aromatic heterocycles. The highest BCUT2D eigenvalue weighted by atomic mass is 14.9. The van der Waals surface area contributed by atoms with Crippen LogP contribution in [0.2, 0.25) is 0 Å². The predicted octanol–water partition coefficient (Wildman–Crippen LogP) is 1.36. The van der Waals surface area contributed by atoms with Crippen LogP contribution in [0.1, 0.15) is 32.6 Å². The van der Waals surface area contributed by atoms with Gasteiger partial charge in [0.1, 0.15) is 0 Å². The first-order chi connectivity index (χ1) is 5.77. The molecule has 1 aliphatic carbocycles. The summed E-state index contributed by atoms with van der Waals surface area (Å²) in [6.07, 6.45) is 5.44. The summed E-state index contributed by atoms with van der Waals surface area (Å²) in [4.78, 5) is 0. The molecule has 0 aromatic rings. The van der Waals surface area contributed by atoms with Crippen molar-refractivity contribution < 1.29 is 0 Å². The van der Waals surface area contributed by atoms with Gasteiger partial charge in [-0.25, -0.2) is 0 Å². The molecular formula is C10H22N2. The largest absolute Gasteiger partial charge is 0.330 e. The summed E-state index contributed by atoms with van der Waals surface area (Å²) < 4.78 is 0. The van der Waals surface area contributed by atoms with Gasteiger partial charge in [-0.1, -0.05) is 6.42 Å². The normalized spacial score (nSPS) is 33.2. The Labute approximate surface area is 75.9 Å². The Hall–Kier alpha value is -0.0800. The standard InChI is InChI=1S/C10H22N2/c1-8(12-2)10-5-3-4-9(6-10)7-11/h8-10,12H,3-7,11H2,1-2H3. The van der Waals surface area contributed by atoms with Crippen LogP contribution < -0.4 is 11.1 Å². The number of rotatable bonds is 3. The van der Waals surface area contributed by atoms with E-state index in [0.717, 1.165) is 18.4 Å². The van der Waals surface area contributed by atoms with Gasteiger partial charge in [-0.15, -0.1) is 0 Å². The van der Waals surface area contributed by atoms with Gasteiger partial charge in [0.05, 0.1) is 0 Å². The molecule has 0 aliphatic heterocycles. The minimum atomic E-state index is 0.666. The van der Waals surface area contributed by atoms with E-state index in [1.54, 1.807) is 0 Å². The van der Waals surface area contributed by atoms with E-state index in [1.807, 2.05) is 0 Å². The monoisotopic (exact) mass is 170 g/mol. The first-order valence-electron chi connectivity index (χ1n) is 5.15. The van der Waals surface area contributed by atoms with Crippen molar-refractivity contribution in [2.24, 2.45) is 17.6 Å². The van der Waals surface area contributed by atoms with Crippen molar-refractivity contribution in [3.63, 3.8) is 0 Å². The quantitative estimate of drug-likeness (QED) is 0.671. The zero-order chi connectivity index (χ0) is 8.97. The zero-order valence-corrected chi connectivity index (χ0v) is 8.34. The van der Waals surface area contributed by atoms with Gasteiger partial charge in [0.15, 0.2) is 0 Å². The Morgan fingerprint density at radius 1 is 1.50 bits per heavy atom. The van der Waals surface area contributed by atoms with Crippen molar-refractivity contribution in [2.45, 2.75) is 38.6 Å². The molecule has 0 spiro atoms. The Morgan fingerprint density at radius 3 is 2.83 bits per heavy atom.